The van der Waals surface area contributed by atoms with Crippen LogP contribution in [-0.2, 0) is 28.9 Å². The molecule has 2 aliphatic rings. The van der Waals surface area contributed by atoms with Crippen LogP contribution in [0.2, 0.25) is 0 Å². The minimum atomic E-state index is -1.09. The zero-order valence-corrected chi connectivity index (χ0v) is 21.9. The first-order valence-corrected chi connectivity index (χ1v) is 12.5. The van der Waals surface area contributed by atoms with Crippen molar-refractivity contribution in [3.05, 3.63) is 35.0 Å². The Labute approximate surface area is 212 Å². The van der Waals surface area contributed by atoms with Gasteiger partial charge in [0.15, 0.2) is 0 Å². The fraction of sp³-hybridized carbons (Fsp3) is 0.593. The van der Waals surface area contributed by atoms with Gasteiger partial charge < -0.3 is 29.4 Å². The predicted molar refractivity (Wildman–Crippen MR) is 135 cm³/mol. The van der Waals surface area contributed by atoms with E-state index in [0.29, 0.717) is 37.9 Å². The number of likely N-dealkylation sites (tertiary alicyclic amines) is 1. The zero-order chi connectivity index (χ0) is 26.4. The Morgan fingerprint density at radius 2 is 2.03 bits per heavy atom. The molecule has 2 amide bonds. The number of hydrogen-bond donors (Lipinski definition) is 2. The maximum atomic E-state index is 13.0. The maximum absolute atomic E-state index is 13.0. The lowest BCUT2D eigenvalue weighted by Gasteiger charge is -2.34. The predicted octanol–water partition coefficient (Wildman–Crippen LogP) is 3.88. The Hall–Kier alpha value is -3.25. The standard InChI is InChI=1S/C27H36N4O5/c1-16(2)35-24(32)29-18-12-20-19-11-17(14-28)7-8-21(19)31(22(20)13-18)15-23-27(6,34)9-10-30(23)25(33)36-26(3,4)5/h7-8,11,16,18,23,34H,9-10,12-13,15H2,1-6H3,(H,29,32)/t18-,23-,27+/m0/s1. The molecule has 1 aromatic carbocycles. The molecule has 1 aromatic heterocycles. The first-order chi connectivity index (χ1) is 16.8. The number of alkyl carbamates (subject to hydrolysis) is 1. The van der Waals surface area contributed by atoms with Gasteiger partial charge in [-0.15, -0.1) is 0 Å². The van der Waals surface area contributed by atoms with Gasteiger partial charge in [-0.25, -0.2) is 9.59 Å². The fourth-order valence-corrected chi connectivity index (χ4v) is 5.30. The summed E-state index contributed by atoms with van der Waals surface area (Å²) in [5.41, 5.74) is 1.86. The molecule has 0 saturated carbocycles. The van der Waals surface area contributed by atoms with Gasteiger partial charge >= 0.3 is 12.2 Å². The highest BCUT2D eigenvalue weighted by atomic mass is 16.6. The number of carbonyl (C=O) groups excluding carboxylic acids is 2. The summed E-state index contributed by atoms with van der Waals surface area (Å²) in [4.78, 5) is 26.9. The van der Waals surface area contributed by atoms with Crippen LogP contribution in [0.4, 0.5) is 9.59 Å². The number of aliphatic hydroxyl groups is 1. The normalized spacial score (nSPS) is 23.6. The van der Waals surface area contributed by atoms with E-state index in [-0.39, 0.29) is 12.1 Å². The minimum Gasteiger partial charge on any atom is -0.447 e. The third kappa shape index (κ3) is 5.14. The number of benzene rings is 1. The van der Waals surface area contributed by atoms with Crippen LogP contribution >= 0.6 is 0 Å². The number of ether oxygens (including phenoxy) is 2. The second-order valence-corrected chi connectivity index (χ2v) is 11.4. The molecule has 1 fully saturated rings. The van der Waals surface area contributed by atoms with Crippen molar-refractivity contribution in [1.82, 2.24) is 14.8 Å². The van der Waals surface area contributed by atoms with Crippen LogP contribution in [0.5, 0.6) is 0 Å². The molecular formula is C27H36N4O5. The molecule has 9 nitrogen and oxygen atoms in total. The van der Waals surface area contributed by atoms with E-state index in [1.165, 1.54) is 0 Å². The quantitative estimate of drug-likeness (QED) is 0.664. The molecule has 3 atom stereocenters. The van der Waals surface area contributed by atoms with Crippen LogP contribution in [0.15, 0.2) is 18.2 Å². The Balaban J connectivity index is 1.69. The van der Waals surface area contributed by atoms with E-state index < -0.39 is 29.4 Å². The molecule has 0 bridgehead atoms. The number of aromatic nitrogens is 1. The van der Waals surface area contributed by atoms with E-state index in [1.54, 1.807) is 31.7 Å². The van der Waals surface area contributed by atoms with Gasteiger partial charge in [0.25, 0.3) is 0 Å². The highest BCUT2D eigenvalue weighted by Gasteiger charge is 2.47. The largest absolute Gasteiger partial charge is 0.447 e. The molecular weight excluding hydrogens is 460 g/mol. The van der Waals surface area contributed by atoms with Gasteiger partial charge in [-0.2, -0.15) is 5.26 Å². The summed E-state index contributed by atoms with van der Waals surface area (Å²) in [6.07, 6.45) is 0.523. The van der Waals surface area contributed by atoms with Crippen molar-refractivity contribution in [1.29, 1.82) is 5.26 Å². The van der Waals surface area contributed by atoms with Crippen molar-refractivity contribution in [2.75, 3.05) is 6.54 Å². The van der Waals surface area contributed by atoms with Gasteiger partial charge in [-0.1, -0.05) is 0 Å². The number of nitrogens with zero attached hydrogens (tertiary/aromatic N) is 3. The van der Waals surface area contributed by atoms with Crippen molar-refractivity contribution >= 4 is 23.1 Å². The number of rotatable bonds is 4. The van der Waals surface area contributed by atoms with Crippen molar-refractivity contribution in [3.63, 3.8) is 0 Å². The molecule has 1 aliphatic heterocycles. The first-order valence-electron chi connectivity index (χ1n) is 12.5. The zero-order valence-electron chi connectivity index (χ0n) is 21.9. The average molecular weight is 497 g/mol. The van der Waals surface area contributed by atoms with Crippen molar-refractivity contribution < 1.29 is 24.2 Å². The minimum absolute atomic E-state index is 0.145. The molecule has 2 N–H and O–H groups in total. The highest BCUT2D eigenvalue weighted by molar-refractivity contribution is 5.88. The topological polar surface area (TPSA) is 117 Å². The molecule has 0 spiro atoms. The summed E-state index contributed by atoms with van der Waals surface area (Å²) in [7, 11) is 0. The van der Waals surface area contributed by atoms with Gasteiger partial charge in [-0.3, -0.25) is 0 Å². The SMILES string of the molecule is CC(C)OC(=O)N[C@H]1Cc2c(n(C[C@@H]3N(C(=O)OC(C)(C)C)CC[C@@]3(C)O)c3ccc(C#N)cc23)C1. The highest BCUT2D eigenvalue weighted by Crippen LogP contribution is 2.37. The van der Waals surface area contributed by atoms with E-state index in [1.807, 2.05) is 32.9 Å². The van der Waals surface area contributed by atoms with E-state index in [2.05, 4.69) is 16.0 Å². The van der Waals surface area contributed by atoms with Crippen LogP contribution in [0.3, 0.4) is 0 Å². The molecule has 1 aliphatic carbocycles. The number of amides is 2. The molecule has 194 valence electrons. The van der Waals surface area contributed by atoms with Crippen molar-refractivity contribution in [3.8, 4) is 6.07 Å². The molecule has 4 rings (SSSR count). The van der Waals surface area contributed by atoms with Crippen LogP contribution in [0, 0.1) is 11.3 Å². The molecule has 0 unspecified atom stereocenters. The molecule has 2 aromatic rings. The number of nitriles is 1. The Kier molecular flexibility index (Phi) is 6.69. The summed E-state index contributed by atoms with van der Waals surface area (Å²) in [6, 6.07) is 7.13. The van der Waals surface area contributed by atoms with Crippen molar-refractivity contribution in [2.45, 2.75) is 96.7 Å². The summed E-state index contributed by atoms with van der Waals surface area (Å²) in [5.74, 6) is 0. The van der Waals surface area contributed by atoms with E-state index >= 15 is 0 Å². The fourth-order valence-electron chi connectivity index (χ4n) is 5.30. The molecule has 0 radical (unpaired) electrons. The molecule has 1 saturated heterocycles. The van der Waals surface area contributed by atoms with Gasteiger partial charge in [0.05, 0.1) is 29.4 Å². The average Bonchev–Trinajstić information content (AvgIpc) is 3.37. The third-order valence-electron chi connectivity index (χ3n) is 6.91. The number of hydrogen-bond acceptors (Lipinski definition) is 6. The lowest BCUT2D eigenvalue weighted by atomic mass is 9.97. The van der Waals surface area contributed by atoms with Crippen LogP contribution in [0.25, 0.3) is 10.9 Å². The summed E-state index contributed by atoms with van der Waals surface area (Å²) in [5, 5.41) is 24.6. The second-order valence-electron chi connectivity index (χ2n) is 11.4. The monoisotopic (exact) mass is 496 g/mol. The Morgan fingerprint density at radius 1 is 1.31 bits per heavy atom. The van der Waals surface area contributed by atoms with Crippen LogP contribution in [-0.4, -0.2) is 62.7 Å². The van der Waals surface area contributed by atoms with E-state index in [4.69, 9.17) is 9.47 Å². The van der Waals surface area contributed by atoms with Crippen LogP contribution in [0.1, 0.15) is 64.8 Å². The third-order valence-corrected chi connectivity index (χ3v) is 6.91. The first kappa shape index (κ1) is 25.8. The Bertz CT molecular complexity index is 1220. The van der Waals surface area contributed by atoms with E-state index in [9.17, 15) is 20.0 Å². The van der Waals surface area contributed by atoms with Gasteiger partial charge in [-0.05, 0) is 78.1 Å². The lowest BCUT2D eigenvalue weighted by Crippen LogP contribution is -2.49. The summed E-state index contributed by atoms with van der Waals surface area (Å²) >= 11 is 0. The number of nitrogens with one attached hydrogen (secondary N) is 1. The van der Waals surface area contributed by atoms with Crippen LogP contribution < -0.4 is 5.32 Å². The van der Waals surface area contributed by atoms with Gasteiger partial charge in [0.1, 0.15) is 5.60 Å². The smallest absolute Gasteiger partial charge is 0.410 e. The maximum Gasteiger partial charge on any atom is 0.410 e. The van der Waals surface area contributed by atoms with E-state index in [0.717, 1.165) is 22.2 Å². The van der Waals surface area contributed by atoms with Gasteiger partial charge in [0, 0.05) is 42.1 Å². The number of fused-ring (bicyclic) bond motifs is 3. The molecule has 36 heavy (non-hydrogen) atoms. The second kappa shape index (κ2) is 9.32. The van der Waals surface area contributed by atoms with Crippen molar-refractivity contribution in [2.24, 2.45) is 0 Å². The summed E-state index contributed by atoms with van der Waals surface area (Å²) in [6.45, 7) is 11.6. The van der Waals surface area contributed by atoms with Gasteiger partial charge in [0.2, 0.25) is 0 Å². The molecule has 9 heteroatoms. The Morgan fingerprint density at radius 3 is 2.67 bits per heavy atom. The lowest BCUT2D eigenvalue weighted by molar-refractivity contribution is -0.0106. The summed E-state index contributed by atoms with van der Waals surface area (Å²) < 4.78 is 13.0. The number of carbonyl (C=O) groups is 2. The molecule has 2 heterocycles.